The van der Waals surface area contributed by atoms with Gasteiger partial charge in [-0.3, -0.25) is 14.4 Å². The standard InChI is InChI=1S/C10H16O8/c1-17-8(14)2-3-9(15)18-7(5-12)10(16)6(13)4-11/h5-7,10-11,13,16H,2-4H2,1H3/t6-,7-,10-/m0/s1. The van der Waals surface area contributed by atoms with Crippen LogP contribution in [0.2, 0.25) is 0 Å². The van der Waals surface area contributed by atoms with Gasteiger partial charge in [-0.05, 0) is 0 Å². The highest BCUT2D eigenvalue weighted by molar-refractivity contribution is 5.78. The van der Waals surface area contributed by atoms with Crippen molar-refractivity contribution in [2.45, 2.75) is 31.2 Å². The number of hydrogen-bond acceptors (Lipinski definition) is 8. The first-order valence-electron chi connectivity index (χ1n) is 5.14. The summed E-state index contributed by atoms with van der Waals surface area (Å²) in [5.74, 6) is -1.52. The highest BCUT2D eigenvalue weighted by Crippen LogP contribution is 2.05. The van der Waals surface area contributed by atoms with Gasteiger partial charge in [0, 0.05) is 0 Å². The van der Waals surface area contributed by atoms with E-state index >= 15 is 0 Å². The zero-order valence-corrected chi connectivity index (χ0v) is 9.81. The van der Waals surface area contributed by atoms with E-state index in [-0.39, 0.29) is 19.1 Å². The number of esters is 2. The number of hydrogen-bond donors (Lipinski definition) is 3. The number of aliphatic hydroxyl groups excluding tert-OH is 3. The predicted molar refractivity (Wildman–Crippen MR) is 56.3 cm³/mol. The lowest BCUT2D eigenvalue weighted by Gasteiger charge is -2.21. The third-order valence-electron chi connectivity index (χ3n) is 2.08. The molecule has 0 aromatic rings. The largest absolute Gasteiger partial charge is 0.469 e. The molecule has 0 saturated carbocycles. The first-order chi connectivity index (χ1) is 8.46. The Hall–Kier alpha value is -1.51. The summed E-state index contributed by atoms with van der Waals surface area (Å²) in [6, 6.07) is 0. The fraction of sp³-hybridized carbons (Fsp3) is 0.700. The summed E-state index contributed by atoms with van der Waals surface area (Å²) in [7, 11) is 1.16. The van der Waals surface area contributed by atoms with Gasteiger partial charge in [-0.25, -0.2) is 0 Å². The highest BCUT2D eigenvalue weighted by Gasteiger charge is 2.28. The molecular weight excluding hydrogens is 248 g/mol. The molecule has 3 N–H and O–H groups in total. The van der Waals surface area contributed by atoms with E-state index in [4.69, 9.17) is 10.2 Å². The molecule has 0 heterocycles. The lowest BCUT2D eigenvalue weighted by Crippen LogP contribution is -2.43. The molecule has 8 nitrogen and oxygen atoms in total. The highest BCUT2D eigenvalue weighted by atomic mass is 16.6. The van der Waals surface area contributed by atoms with Crippen LogP contribution in [0, 0.1) is 0 Å². The summed E-state index contributed by atoms with van der Waals surface area (Å²) in [5.41, 5.74) is 0. The van der Waals surface area contributed by atoms with Crippen molar-refractivity contribution < 1.29 is 39.2 Å². The number of rotatable bonds is 8. The van der Waals surface area contributed by atoms with Gasteiger partial charge in [0.2, 0.25) is 0 Å². The lowest BCUT2D eigenvalue weighted by atomic mass is 10.1. The fourth-order valence-electron chi connectivity index (χ4n) is 1.02. The van der Waals surface area contributed by atoms with Crippen molar-refractivity contribution in [3.8, 4) is 0 Å². The second kappa shape index (κ2) is 8.56. The topological polar surface area (TPSA) is 130 Å². The van der Waals surface area contributed by atoms with E-state index in [0.717, 1.165) is 7.11 Å². The quantitative estimate of drug-likeness (QED) is 0.331. The van der Waals surface area contributed by atoms with Crippen LogP contribution in [-0.4, -0.2) is 65.6 Å². The molecule has 0 radical (unpaired) electrons. The normalized spacial score (nSPS) is 15.3. The summed E-state index contributed by atoms with van der Waals surface area (Å²) in [4.78, 5) is 32.5. The molecule has 3 atom stereocenters. The van der Waals surface area contributed by atoms with Gasteiger partial charge < -0.3 is 24.8 Å². The molecule has 0 saturated heterocycles. The van der Waals surface area contributed by atoms with Gasteiger partial charge in [0.1, 0.15) is 12.2 Å². The molecule has 0 aromatic carbocycles. The van der Waals surface area contributed by atoms with Crippen LogP contribution in [0.25, 0.3) is 0 Å². The minimum absolute atomic E-state index is 0.125. The Labute approximate surface area is 103 Å². The zero-order valence-electron chi connectivity index (χ0n) is 9.81. The molecule has 0 aromatic heterocycles. The lowest BCUT2D eigenvalue weighted by molar-refractivity contribution is -0.165. The van der Waals surface area contributed by atoms with E-state index in [1.807, 2.05) is 0 Å². The van der Waals surface area contributed by atoms with Gasteiger partial charge in [-0.2, -0.15) is 0 Å². The van der Waals surface area contributed by atoms with Crippen LogP contribution in [0.1, 0.15) is 12.8 Å². The Kier molecular flexibility index (Phi) is 7.84. The molecule has 0 fully saturated rings. The van der Waals surface area contributed by atoms with Crippen LogP contribution < -0.4 is 0 Å². The minimum atomic E-state index is -1.73. The van der Waals surface area contributed by atoms with Crippen molar-refractivity contribution in [2.75, 3.05) is 13.7 Å². The molecule has 0 rings (SSSR count). The Bertz CT molecular complexity index is 290. The molecule has 8 heteroatoms. The van der Waals surface area contributed by atoms with Gasteiger partial charge >= 0.3 is 11.9 Å². The van der Waals surface area contributed by atoms with Gasteiger partial charge in [0.25, 0.3) is 0 Å². The number of aliphatic hydroxyl groups is 3. The summed E-state index contributed by atoms with van der Waals surface area (Å²) in [5, 5.41) is 27.0. The molecule has 104 valence electrons. The molecule has 0 aliphatic heterocycles. The number of carbonyl (C=O) groups excluding carboxylic acids is 3. The van der Waals surface area contributed by atoms with E-state index in [2.05, 4.69) is 9.47 Å². The number of aldehydes is 1. The molecule has 0 aliphatic carbocycles. The molecule has 0 unspecified atom stereocenters. The summed E-state index contributed by atoms with van der Waals surface area (Å²) < 4.78 is 8.84. The third kappa shape index (κ3) is 5.71. The molecule has 0 aliphatic rings. The Morgan fingerprint density at radius 3 is 2.22 bits per heavy atom. The number of ether oxygens (including phenoxy) is 2. The maximum absolute atomic E-state index is 11.2. The van der Waals surface area contributed by atoms with Crippen molar-refractivity contribution >= 4 is 18.2 Å². The van der Waals surface area contributed by atoms with Crippen LogP contribution in [-0.2, 0) is 23.9 Å². The van der Waals surface area contributed by atoms with Crippen LogP contribution in [0.15, 0.2) is 0 Å². The summed E-state index contributed by atoms with van der Waals surface area (Å²) in [6.07, 6.45) is -5.35. The smallest absolute Gasteiger partial charge is 0.307 e. The summed E-state index contributed by atoms with van der Waals surface area (Å²) >= 11 is 0. The Morgan fingerprint density at radius 2 is 1.78 bits per heavy atom. The SMILES string of the molecule is COC(=O)CCC(=O)O[C@@H](C=O)[C@@H](O)[C@@H](O)CO. The maximum Gasteiger partial charge on any atom is 0.307 e. The predicted octanol–water partition coefficient (Wildman–Crippen LogP) is -2.24. The van der Waals surface area contributed by atoms with Crippen LogP contribution >= 0.6 is 0 Å². The van der Waals surface area contributed by atoms with Crippen LogP contribution in [0.3, 0.4) is 0 Å². The number of carbonyl (C=O) groups is 3. The summed E-state index contributed by atoms with van der Waals surface area (Å²) in [6.45, 7) is -0.786. The molecular formula is C10H16O8. The first kappa shape index (κ1) is 16.5. The van der Waals surface area contributed by atoms with Crippen molar-refractivity contribution in [1.82, 2.24) is 0 Å². The minimum Gasteiger partial charge on any atom is -0.469 e. The van der Waals surface area contributed by atoms with E-state index in [9.17, 15) is 19.5 Å². The van der Waals surface area contributed by atoms with E-state index < -0.39 is 36.9 Å². The van der Waals surface area contributed by atoms with Crippen molar-refractivity contribution in [1.29, 1.82) is 0 Å². The maximum atomic E-state index is 11.2. The first-order valence-corrected chi connectivity index (χ1v) is 5.14. The number of methoxy groups -OCH3 is 1. The average molecular weight is 264 g/mol. The van der Waals surface area contributed by atoms with E-state index in [1.54, 1.807) is 0 Å². The molecule has 0 spiro atoms. The average Bonchev–Trinajstić information content (AvgIpc) is 2.40. The Morgan fingerprint density at radius 1 is 1.22 bits per heavy atom. The van der Waals surface area contributed by atoms with Gasteiger partial charge in [-0.15, -0.1) is 0 Å². The van der Waals surface area contributed by atoms with Crippen molar-refractivity contribution in [3.63, 3.8) is 0 Å². The third-order valence-corrected chi connectivity index (χ3v) is 2.08. The molecule has 0 amide bonds. The Balaban J connectivity index is 4.24. The van der Waals surface area contributed by atoms with Gasteiger partial charge in [0.15, 0.2) is 12.4 Å². The van der Waals surface area contributed by atoms with Crippen LogP contribution in [0.5, 0.6) is 0 Å². The second-order valence-corrected chi connectivity index (χ2v) is 3.41. The van der Waals surface area contributed by atoms with Gasteiger partial charge in [0.05, 0.1) is 26.6 Å². The monoisotopic (exact) mass is 264 g/mol. The van der Waals surface area contributed by atoms with Crippen molar-refractivity contribution in [2.24, 2.45) is 0 Å². The van der Waals surface area contributed by atoms with E-state index in [0.29, 0.717) is 0 Å². The van der Waals surface area contributed by atoms with Gasteiger partial charge in [-0.1, -0.05) is 0 Å². The fourth-order valence-corrected chi connectivity index (χ4v) is 1.02. The second-order valence-electron chi connectivity index (χ2n) is 3.41. The van der Waals surface area contributed by atoms with Crippen molar-refractivity contribution in [3.05, 3.63) is 0 Å². The molecule has 18 heavy (non-hydrogen) atoms. The van der Waals surface area contributed by atoms with Crippen LogP contribution in [0.4, 0.5) is 0 Å². The molecule has 0 bridgehead atoms. The van der Waals surface area contributed by atoms with E-state index in [1.165, 1.54) is 0 Å². The zero-order chi connectivity index (χ0) is 14.1.